The molecule has 0 saturated carbocycles. The number of hydrogen-bond donors (Lipinski definition) is 3. The zero-order chi connectivity index (χ0) is 12.0. The van der Waals surface area contributed by atoms with Gasteiger partial charge in [0.1, 0.15) is 0 Å². The van der Waals surface area contributed by atoms with Gasteiger partial charge in [0, 0.05) is 32.5 Å². The Hall–Kier alpha value is -1.40. The van der Waals surface area contributed by atoms with Gasteiger partial charge in [0.15, 0.2) is 5.79 Å². The zero-order valence-electron chi connectivity index (χ0n) is 9.49. The average Bonchev–Trinajstić information content (AvgIpc) is 2.30. The van der Waals surface area contributed by atoms with E-state index < -0.39 is 11.8 Å². The van der Waals surface area contributed by atoms with E-state index in [9.17, 15) is 4.79 Å². The Morgan fingerprint density at radius 2 is 2.50 bits per heavy atom. The van der Waals surface area contributed by atoms with Gasteiger partial charge < -0.3 is 15.2 Å². The van der Waals surface area contributed by atoms with Crippen LogP contribution in [0.4, 0.5) is 0 Å². The standard InChI is InChI=1S/C10H17N3O3/c1-3-10(11-4-5-16-2)12-6-8(7-13-10)9(14)15/h6-7,11-12H,3-5H2,1-2H3,(H,14,15). The van der Waals surface area contributed by atoms with Crippen molar-refractivity contribution in [3.05, 3.63) is 11.8 Å². The Morgan fingerprint density at radius 1 is 1.75 bits per heavy atom. The maximum atomic E-state index is 10.7. The molecule has 1 unspecified atom stereocenters. The number of nitrogens with zero attached hydrogens (tertiary/aromatic N) is 1. The first-order chi connectivity index (χ1) is 7.63. The third kappa shape index (κ3) is 3.04. The van der Waals surface area contributed by atoms with E-state index in [0.717, 1.165) is 0 Å². The molecule has 0 aromatic heterocycles. The Bertz CT molecular complexity index is 314. The topological polar surface area (TPSA) is 83.0 Å². The van der Waals surface area contributed by atoms with Gasteiger partial charge in [0.25, 0.3) is 0 Å². The lowest BCUT2D eigenvalue weighted by molar-refractivity contribution is -0.132. The van der Waals surface area contributed by atoms with E-state index in [4.69, 9.17) is 9.84 Å². The second kappa shape index (κ2) is 5.62. The summed E-state index contributed by atoms with van der Waals surface area (Å²) in [5, 5.41) is 14.9. The van der Waals surface area contributed by atoms with Crippen molar-refractivity contribution in [2.75, 3.05) is 20.3 Å². The van der Waals surface area contributed by atoms with Gasteiger partial charge >= 0.3 is 5.97 Å². The SMILES string of the molecule is CCC1(NCCOC)N=CC(C(=O)O)=CN1. The number of methoxy groups -OCH3 is 1. The molecular formula is C10H17N3O3. The molecule has 6 heteroatoms. The van der Waals surface area contributed by atoms with Crippen LogP contribution in [-0.4, -0.2) is 43.3 Å². The molecular weight excluding hydrogens is 210 g/mol. The van der Waals surface area contributed by atoms with Crippen LogP contribution in [0.25, 0.3) is 0 Å². The Labute approximate surface area is 94.4 Å². The minimum Gasteiger partial charge on any atom is -0.478 e. The molecule has 3 N–H and O–H groups in total. The summed E-state index contributed by atoms with van der Waals surface area (Å²) in [5.41, 5.74) is 0.151. The molecule has 0 fully saturated rings. The second-order valence-electron chi connectivity index (χ2n) is 3.44. The molecule has 6 nitrogen and oxygen atoms in total. The lowest BCUT2D eigenvalue weighted by Crippen LogP contribution is -2.55. The van der Waals surface area contributed by atoms with Crippen molar-refractivity contribution in [1.82, 2.24) is 10.6 Å². The van der Waals surface area contributed by atoms with Crippen LogP contribution in [0.5, 0.6) is 0 Å². The number of aliphatic imine (C=N–C) groups is 1. The van der Waals surface area contributed by atoms with Crippen LogP contribution in [-0.2, 0) is 9.53 Å². The summed E-state index contributed by atoms with van der Waals surface area (Å²) in [7, 11) is 1.63. The molecule has 0 aliphatic carbocycles. The first-order valence-electron chi connectivity index (χ1n) is 5.14. The minimum atomic E-state index is -0.988. The molecule has 90 valence electrons. The molecule has 1 atom stereocenters. The van der Waals surface area contributed by atoms with Crippen LogP contribution in [0.3, 0.4) is 0 Å². The molecule has 0 aromatic carbocycles. The van der Waals surface area contributed by atoms with Crippen LogP contribution in [0.1, 0.15) is 13.3 Å². The first kappa shape index (κ1) is 12.7. The van der Waals surface area contributed by atoms with Crippen molar-refractivity contribution in [1.29, 1.82) is 0 Å². The number of ether oxygens (including phenoxy) is 1. The number of aliphatic carboxylic acids is 1. The highest BCUT2D eigenvalue weighted by Gasteiger charge is 2.27. The summed E-state index contributed by atoms with van der Waals surface area (Å²) in [5.74, 6) is -1.60. The molecule has 1 rings (SSSR count). The third-order valence-electron chi connectivity index (χ3n) is 2.37. The molecule has 0 radical (unpaired) electrons. The van der Waals surface area contributed by atoms with E-state index in [-0.39, 0.29) is 5.57 Å². The van der Waals surface area contributed by atoms with Gasteiger partial charge in [0.2, 0.25) is 0 Å². The highest BCUT2D eigenvalue weighted by molar-refractivity contribution is 6.08. The van der Waals surface area contributed by atoms with Gasteiger partial charge in [-0.1, -0.05) is 6.92 Å². The number of carbonyl (C=O) groups is 1. The predicted octanol–water partition coefficient (Wildman–Crippen LogP) is -0.0713. The fourth-order valence-corrected chi connectivity index (χ4v) is 1.34. The second-order valence-corrected chi connectivity index (χ2v) is 3.44. The molecule has 1 heterocycles. The fourth-order valence-electron chi connectivity index (χ4n) is 1.34. The largest absolute Gasteiger partial charge is 0.478 e. The van der Waals surface area contributed by atoms with Crippen molar-refractivity contribution in [3.63, 3.8) is 0 Å². The lowest BCUT2D eigenvalue weighted by atomic mass is 10.2. The van der Waals surface area contributed by atoms with E-state index in [0.29, 0.717) is 19.6 Å². The van der Waals surface area contributed by atoms with Crippen molar-refractivity contribution >= 4 is 12.2 Å². The van der Waals surface area contributed by atoms with Crippen LogP contribution in [0.2, 0.25) is 0 Å². The number of rotatable bonds is 6. The number of carboxylic acid groups (broad SMARTS) is 1. The lowest BCUT2D eigenvalue weighted by Gasteiger charge is -2.32. The smallest absolute Gasteiger partial charge is 0.338 e. The van der Waals surface area contributed by atoms with Gasteiger partial charge in [0.05, 0.1) is 12.2 Å². The van der Waals surface area contributed by atoms with E-state index in [1.807, 2.05) is 6.92 Å². The predicted molar refractivity (Wildman–Crippen MR) is 60.2 cm³/mol. The summed E-state index contributed by atoms with van der Waals surface area (Å²) in [6, 6.07) is 0. The van der Waals surface area contributed by atoms with Crippen LogP contribution >= 0.6 is 0 Å². The number of hydrogen-bond acceptors (Lipinski definition) is 5. The average molecular weight is 227 g/mol. The highest BCUT2D eigenvalue weighted by Crippen LogP contribution is 2.12. The van der Waals surface area contributed by atoms with Gasteiger partial charge in [-0.2, -0.15) is 0 Å². The molecule has 1 aliphatic rings. The van der Waals surface area contributed by atoms with E-state index >= 15 is 0 Å². The third-order valence-corrected chi connectivity index (χ3v) is 2.37. The quantitative estimate of drug-likeness (QED) is 0.553. The Kier molecular flexibility index (Phi) is 4.45. The van der Waals surface area contributed by atoms with Crippen LogP contribution in [0, 0.1) is 0 Å². The van der Waals surface area contributed by atoms with E-state index in [1.54, 1.807) is 7.11 Å². The summed E-state index contributed by atoms with van der Waals surface area (Å²) >= 11 is 0. The molecule has 0 amide bonds. The van der Waals surface area contributed by atoms with Crippen LogP contribution < -0.4 is 10.6 Å². The summed E-state index contributed by atoms with van der Waals surface area (Å²) < 4.78 is 4.93. The van der Waals surface area contributed by atoms with Crippen molar-refractivity contribution in [3.8, 4) is 0 Å². The van der Waals surface area contributed by atoms with E-state index in [2.05, 4.69) is 15.6 Å². The molecule has 1 aliphatic heterocycles. The first-order valence-corrected chi connectivity index (χ1v) is 5.14. The Balaban J connectivity index is 2.59. The van der Waals surface area contributed by atoms with Crippen molar-refractivity contribution in [2.24, 2.45) is 4.99 Å². The summed E-state index contributed by atoms with van der Waals surface area (Å²) in [6.07, 6.45) is 3.53. The number of carboxylic acids is 1. The maximum absolute atomic E-state index is 10.7. The molecule has 16 heavy (non-hydrogen) atoms. The maximum Gasteiger partial charge on any atom is 0.338 e. The monoisotopic (exact) mass is 227 g/mol. The van der Waals surface area contributed by atoms with E-state index in [1.165, 1.54) is 12.4 Å². The molecule has 0 spiro atoms. The van der Waals surface area contributed by atoms with Crippen molar-refractivity contribution in [2.45, 2.75) is 19.1 Å². The zero-order valence-corrected chi connectivity index (χ0v) is 9.49. The fraction of sp³-hybridized carbons (Fsp3) is 0.600. The Morgan fingerprint density at radius 3 is 2.94 bits per heavy atom. The van der Waals surface area contributed by atoms with Gasteiger partial charge in [-0.3, -0.25) is 5.32 Å². The molecule has 0 saturated heterocycles. The minimum absolute atomic E-state index is 0.151. The highest BCUT2D eigenvalue weighted by atomic mass is 16.5. The van der Waals surface area contributed by atoms with Gasteiger partial charge in [-0.25, -0.2) is 9.79 Å². The van der Waals surface area contributed by atoms with Crippen LogP contribution in [0.15, 0.2) is 16.8 Å². The van der Waals surface area contributed by atoms with Gasteiger partial charge in [-0.05, 0) is 0 Å². The molecule has 0 bridgehead atoms. The summed E-state index contributed by atoms with van der Waals surface area (Å²) in [4.78, 5) is 14.9. The molecule has 0 aromatic rings. The summed E-state index contributed by atoms with van der Waals surface area (Å²) in [6.45, 7) is 3.18. The number of nitrogens with one attached hydrogen (secondary N) is 2. The van der Waals surface area contributed by atoms with Crippen molar-refractivity contribution < 1.29 is 14.6 Å². The normalized spacial score (nSPS) is 23.8. The van der Waals surface area contributed by atoms with Gasteiger partial charge in [-0.15, -0.1) is 0 Å².